The first-order chi connectivity index (χ1) is 14.5. The van der Waals surface area contributed by atoms with E-state index in [0.717, 1.165) is 31.6 Å². The summed E-state index contributed by atoms with van der Waals surface area (Å²) < 4.78 is 33.6. The fourth-order valence-electron chi connectivity index (χ4n) is 3.78. The number of nitrogens with zero attached hydrogens (tertiary/aromatic N) is 2. The highest BCUT2D eigenvalue weighted by Crippen LogP contribution is 2.33. The van der Waals surface area contributed by atoms with E-state index in [1.807, 2.05) is 6.07 Å². The van der Waals surface area contributed by atoms with Crippen molar-refractivity contribution in [2.24, 2.45) is 0 Å². The number of anilines is 2. The van der Waals surface area contributed by atoms with Crippen LogP contribution in [0, 0.1) is 0 Å². The van der Waals surface area contributed by atoms with Gasteiger partial charge in [-0.15, -0.1) is 0 Å². The number of carbonyl (C=O) groups is 1. The number of rotatable bonds is 5. The van der Waals surface area contributed by atoms with Crippen LogP contribution in [0.15, 0.2) is 51.8 Å². The molecular formula is C21H24BrN3O4S. The van der Waals surface area contributed by atoms with Crippen molar-refractivity contribution in [3.63, 3.8) is 0 Å². The second kappa shape index (κ2) is 9.05. The van der Waals surface area contributed by atoms with E-state index in [9.17, 15) is 13.2 Å². The van der Waals surface area contributed by atoms with Crippen LogP contribution in [0.5, 0.6) is 0 Å². The average molecular weight is 494 g/mol. The monoisotopic (exact) mass is 493 g/mol. The predicted octanol–water partition coefficient (Wildman–Crippen LogP) is 3.32. The SMILES string of the molecule is O=C(Nc1cc(S(=O)(=O)N2CCOCC2)ccc1N1CCCC1)c1ccccc1Br. The van der Waals surface area contributed by atoms with Gasteiger partial charge in [-0.2, -0.15) is 4.31 Å². The second-order valence-electron chi connectivity index (χ2n) is 7.32. The van der Waals surface area contributed by atoms with Crippen molar-refractivity contribution in [2.45, 2.75) is 17.7 Å². The number of nitrogens with one attached hydrogen (secondary N) is 1. The Labute approximate surface area is 185 Å². The van der Waals surface area contributed by atoms with Gasteiger partial charge >= 0.3 is 0 Å². The Balaban J connectivity index is 1.69. The Bertz CT molecular complexity index is 1030. The second-order valence-corrected chi connectivity index (χ2v) is 10.1. The molecule has 2 aliphatic heterocycles. The molecule has 0 spiro atoms. The molecule has 0 atom stereocenters. The van der Waals surface area contributed by atoms with Gasteiger partial charge in [0, 0.05) is 30.7 Å². The lowest BCUT2D eigenvalue weighted by molar-refractivity contribution is 0.0730. The third-order valence-corrected chi connectivity index (χ3v) is 7.98. The lowest BCUT2D eigenvalue weighted by Gasteiger charge is -2.27. The maximum Gasteiger partial charge on any atom is 0.256 e. The van der Waals surface area contributed by atoms with Crippen molar-refractivity contribution in [1.29, 1.82) is 0 Å². The number of ether oxygens (including phenoxy) is 1. The summed E-state index contributed by atoms with van der Waals surface area (Å²) in [5, 5.41) is 2.94. The zero-order chi connectivity index (χ0) is 21.1. The van der Waals surface area contributed by atoms with Crippen molar-refractivity contribution < 1.29 is 17.9 Å². The number of halogens is 1. The molecule has 2 aromatic carbocycles. The summed E-state index contributed by atoms with van der Waals surface area (Å²) in [5.74, 6) is -0.288. The van der Waals surface area contributed by atoms with Crippen molar-refractivity contribution in [3.05, 3.63) is 52.5 Å². The Morgan fingerprint density at radius 3 is 2.40 bits per heavy atom. The number of benzene rings is 2. The topological polar surface area (TPSA) is 79.0 Å². The highest BCUT2D eigenvalue weighted by atomic mass is 79.9. The number of carbonyl (C=O) groups excluding carboxylic acids is 1. The van der Waals surface area contributed by atoms with Crippen LogP contribution in [0.2, 0.25) is 0 Å². The van der Waals surface area contributed by atoms with E-state index in [0.29, 0.717) is 42.0 Å². The number of hydrogen-bond donors (Lipinski definition) is 1. The summed E-state index contributed by atoms with van der Waals surface area (Å²) in [7, 11) is -3.66. The molecule has 0 bridgehead atoms. The lowest BCUT2D eigenvalue weighted by atomic mass is 10.2. The smallest absolute Gasteiger partial charge is 0.256 e. The van der Waals surface area contributed by atoms with E-state index in [1.165, 1.54) is 4.31 Å². The van der Waals surface area contributed by atoms with Gasteiger partial charge in [-0.1, -0.05) is 12.1 Å². The van der Waals surface area contributed by atoms with Gasteiger partial charge < -0.3 is 15.0 Å². The average Bonchev–Trinajstić information content (AvgIpc) is 3.29. The first kappa shape index (κ1) is 21.3. The highest BCUT2D eigenvalue weighted by molar-refractivity contribution is 9.10. The van der Waals surface area contributed by atoms with Gasteiger partial charge in [0.15, 0.2) is 0 Å². The predicted molar refractivity (Wildman–Crippen MR) is 120 cm³/mol. The Morgan fingerprint density at radius 1 is 1.00 bits per heavy atom. The van der Waals surface area contributed by atoms with Gasteiger partial charge in [0.1, 0.15) is 0 Å². The number of hydrogen-bond acceptors (Lipinski definition) is 5. The van der Waals surface area contributed by atoms with Crippen molar-refractivity contribution in [3.8, 4) is 0 Å². The molecule has 30 heavy (non-hydrogen) atoms. The summed E-state index contributed by atoms with van der Waals surface area (Å²) in [6.07, 6.45) is 2.15. The summed E-state index contributed by atoms with van der Waals surface area (Å²) >= 11 is 3.41. The molecule has 0 unspecified atom stereocenters. The van der Waals surface area contributed by atoms with Crippen LogP contribution in [0.4, 0.5) is 11.4 Å². The van der Waals surface area contributed by atoms with Crippen LogP contribution >= 0.6 is 15.9 Å². The summed E-state index contributed by atoms with van der Waals surface area (Å²) in [6.45, 7) is 3.19. The molecule has 0 aliphatic carbocycles. The van der Waals surface area contributed by atoms with E-state index in [4.69, 9.17) is 4.74 Å². The van der Waals surface area contributed by atoms with Gasteiger partial charge in [-0.05, 0) is 59.1 Å². The number of sulfonamides is 1. The summed E-state index contributed by atoms with van der Waals surface area (Å²) in [4.78, 5) is 15.3. The molecule has 2 aromatic rings. The molecular weight excluding hydrogens is 470 g/mol. The van der Waals surface area contributed by atoms with Crippen LogP contribution in [-0.4, -0.2) is 58.0 Å². The van der Waals surface area contributed by atoms with Gasteiger partial charge in [-0.25, -0.2) is 8.42 Å². The number of amides is 1. The minimum absolute atomic E-state index is 0.176. The van der Waals surface area contributed by atoms with Crippen molar-refractivity contribution in [1.82, 2.24) is 4.31 Å². The fourth-order valence-corrected chi connectivity index (χ4v) is 5.68. The maximum absolute atomic E-state index is 13.1. The van der Waals surface area contributed by atoms with E-state index >= 15 is 0 Å². The molecule has 1 N–H and O–H groups in total. The quantitative estimate of drug-likeness (QED) is 0.690. The minimum atomic E-state index is -3.66. The largest absolute Gasteiger partial charge is 0.379 e. The molecule has 4 rings (SSSR count). The molecule has 0 saturated carbocycles. The van der Waals surface area contributed by atoms with Gasteiger partial charge in [0.2, 0.25) is 10.0 Å². The summed E-state index contributed by atoms with van der Waals surface area (Å²) in [5.41, 5.74) is 1.84. The normalized spacial score (nSPS) is 17.8. The van der Waals surface area contributed by atoms with Crippen LogP contribution in [0.1, 0.15) is 23.2 Å². The van der Waals surface area contributed by atoms with E-state index in [-0.39, 0.29) is 10.8 Å². The van der Waals surface area contributed by atoms with Crippen LogP contribution in [0.3, 0.4) is 0 Å². The van der Waals surface area contributed by atoms with E-state index < -0.39 is 10.0 Å². The molecule has 2 fully saturated rings. The molecule has 7 nitrogen and oxygen atoms in total. The van der Waals surface area contributed by atoms with Gasteiger partial charge in [0.25, 0.3) is 5.91 Å². The molecule has 2 saturated heterocycles. The Morgan fingerprint density at radius 2 is 1.70 bits per heavy atom. The highest BCUT2D eigenvalue weighted by Gasteiger charge is 2.28. The minimum Gasteiger partial charge on any atom is -0.379 e. The number of morpholine rings is 1. The molecule has 2 aliphatic rings. The zero-order valence-electron chi connectivity index (χ0n) is 16.5. The fraction of sp³-hybridized carbons (Fsp3) is 0.381. The zero-order valence-corrected chi connectivity index (χ0v) is 18.9. The van der Waals surface area contributed by atoms with E-state index in [1.54, 1.807) is 36.4 Å². The maximum atomic E-state index is 13.1. The molecule has 160 valence electrons. The van der Waals surface area contributed by atoms with Gasteiger partial charge in [-0.3, -0.25) is 4.79 Å². The van der Waals surface area contributed by atoms with E-state index in [2.05, 4.69) is 26.1 Å². The first-order valence-corrected chi connectivity index (χ1v) is 12.2. The molecule has 0 radical (unpaired) electrons. The molecule has 1 amide bonds. The Hall–Kier alpha value is -1.94. The van der Waals surface area contributed by atoms with Crippen LogP contribution in [-0.2, 0) is 14.8 Å². The van der Waals surface area contributed by atoms with Crippen molar-refractivity contribution >= 4 is 43.2 Å². The third kappa shape index (κ3) is 4.39. The molecule has 9 heteroatoms. The Kier molecular flexibility index (Phi) is 6.43. The molecule has 2 heterocycles. The first-order valence-electron chi connectivity index (χ1n) is 9.99. The third-order valence-electron chi connectivity index (χ3n) is 5.39. The van der Waals surface area contributed by atoms with Crippen molar-refractivity contribution in [2.75, 3.05) is 49.6 Å². The van der Waals surface area contributed by atoms with Crippen LogP contribution < -0.4 is 10.2 Å². The van der Waals surface area contributed by atoms with Crippen LogP contribution in [0.25, 0.3) is 0 Å². The van der Waals surface area contributed by atoms with Gasteiger partial charge in [0.05, 0.1) is 35.0 Å². The lowest BCUT2D eigenvalue weighted by Crippen LogP contribution is -2.40. The summed E-state index contributed by atoms with van der Waals surface area (Å²) in [6, 6.07) is 12.2. The standard InChI is InChI=1S/C21H24BrN3O4S/c22-18-6-2-1-5-17(18)21(26)23-19-15-16(7-8-20(19)24-9-3-4-10-24)30(27,28)25-11-13-29-14-12-25/h1-2,5-8,15H,3-4,9-14H2,(H,23,26). The molecule has 0 aromatic heterocycles.